The van der Waals surface area contributed by atoms with Gasteiger partial charge in [0, 0.05) is 26.3 Å². The van der Waals surface area contributed by atoms with Crippen molar-refractivity contribution in [3.63, 3.8) is 0 Å². The van der Waals surface area contributed by atoms with Crippen LogP contribution in [0.5, 0.6) is 0 Å². The molecule has 1 aliphatic heterocycles. The lowest BCUT2D eigenvalue weighted by Gasteiger charge is -2.22. The van der Waals surface area contributed by atoms with Crippen LogP contribution in [0.3, 0.4) is 0 Å². The third kappa shape index (κ3) is 1.90. The van der Waals surface area contributed by atoms with Crippen LogP contribution in [0.1, 0.15) is 25.0 Å². The molecule has 3 atom stereocenters. The number of likely N-dealkylation sites (tertiary alicyclic amines) is 1. The lowest BCUT2D eigenvalue weighted by molar-refractivity contribution is -0.143. The fourth-order valence-electron chi connectivity index (χ4n) is 3.57. The second-order valence-corrected chi connectivity index (χ2v) is 5.45. The van der Waals surface area contributed by atoms with Crippen molar-refractivity contribution in [2.24, 2.45) is 18.9 Å². The standard InChI is InChI=1S/C12H18N4O2/c1-15-6-9(13-14-15)7-16-5-8-3-2-4-10(8)11(16)12(17)18/h6,8,10-11H,2-5,7H2,1H3,(H,17,18). The molecule has 0 amide bonds. The van der Waals surface area contributed by atoms with Crippen molar-refractivity contribution in [1.82, 2.24) is 19.9 Å². The monoisotopic (exact) mass is 250 g/mol. The number of carbonyl (C=O) groups is 1. The molecule has 0 radical (unpaired) electrons. The summed E-state index contributed by atoms with van der Waals surface area (Å²) in [6.45, 7) is 1.48. The summed E-state index contributed by atoms with van der Waals surface area (Å²) in [5, 5.41) is 17.4. The molecular formula is C12H18N4O2. The van der Waals surface area contributed by atoms with Crippen molar-refractivity contribution in [1.29, 1.82) is 0 Å². The molecule has 1 N–H and O–H groups in total. The number of aliphatic carboxylic acids is 1. The molecule has 0 spiro atoms. The second-order valence-electron chi connectivity index (χ2n) is 5.45. The van der Waals surface area contributed by atoms with Gasteiger partial charge in [-0.05, 0) is 24.7 Å². The van der Waals surface area contributed by atoms with Crippen molar-refractivity contribution >= 4 is 5.97 Å². The first kappa shape index (κ1) is 11.6. The van der Waals surface area contributed by atoms with Crippen LogP contribution in [0.15, 0.2) is 6.20 Å². The van der Waals surface area contributed by atoms with Crippen LogP contribution in [-0.2, 0) is 18.4 Å². The molecule has 18 heavy (non-hydrogen) atoms. The van der Waals surface area contributed by atoms with Gasteiger partial charge in [-0.3, -0.25) is 14.4 Å². The largest absolute Gasteiger partial charge is 0.480 e. The quantitative estimate of drug-likeness (QED) is 0.846. The van der Waals surface area contributed by atoms with Gasteiger partial charge in [-0.1, -0.05) is 11.6 Å². The highest BCUT2D eigenvalue weighted by atomic mass is 16.4. The molecular weight excluding hydrogens is 232 g/mol. The van der Waals surface area contributed by atoms with Crippen LogP contribution in [0.4, 0.5) is 0 Å². The number of carboxylic acids is 1. The van der Waals surface area contributed by atoms with E-state index in [-0.39, 0.29) is 6.04 Å². The van der Waals surface area contributed by atoms with Crippen molar-refractivity contribution in [3.8, 4) is 0 Å². The third-order valence-electron chi connectivity index (χ3n) is 4.25. The smallest absolute Gasteiger partial charge is 0.321 e. The molecule has 0 bridgehead atoms. The van der Waals surface area contributed by atoms with Crippen LogP contribution < -0.4 is 0 Å². The Kier molecular flexibility index (Phi) is 2.81. The average molecular weight is 250 g/mol. The lowest BCUT2D eigenvalue weighted by atomic mass is 9.94. The van der Waals surface area contributed by atoms with Gasteiger partial charge in [-0.25, -0.2) is 0 Å². The van der Waals surface area contributed by atoms with Gasteiger partial charge < -0.3 is 5.11 Å². The zero-order chi connectivity index (χ0) is 12.7. The molecule has 3 unspecified atom stereocenters. The van der Waals surface area contributed by atoms with E-state index in [4.69, 9.17) is 0 Å². The zero-order valence-electron chi connectivity index (χ0n) is 10.5. The van der Waals surface area contributed by atoms with E-state index in [0.29, 0.717) is 18.4 Å². The van der Waals surface area contributed by atoms with Gasteiger partial charge in [0.15, 0.2) is 0 Å². The minimum absolute atomic E-state index is 0.333. The Hall–Kier alpha value is -1.43. The van der Waals surface area contributed by atoms with Crippen LogP contribution in [0, 0.1) is 11.8 Å². The molecule has 3 rings (SSSR count). The molecule has 1 saturated carbocycles. The SMILES string of the molecule is Cn1cc(CN2CC3CCCC3C2C(=O)O)nn1. The number of carboxylic acid groups (broad SMARTS) is 1. The third-order valence-corrected chi connectivity index (χ3v) is 4.25. The number of fused-ring (bicyclic) bond motifs is 1. The highest BCUT2D eigenvalue weighted by Crippen LogP contribution is 2.42. The Morgan fingerprint density at radius 3 is 3.06 bits per heavy atom. The summed E-state index contributed by atoms with van der Waals surface area (Å²) < 4.78 is 1.65. The molecule has 2 aliphatic rings. The Morgan fingerprint density at radius 2 is 2.39 bits per heavy atom. The molecule has 1 saturated heterocycles. The van der Waals surface area contributed by atoms with E-state index in [1.807, 2.05) is 13.2 Å². The molecule has 6 nitrogen and oxygen atoms in total. The molecule has 2 fully saturated rings. The van der Waals surface area contributed by atoms with Crippen LogP contribution >= 0.6 is 0 Å². The van der Waals surface area contributed by atoms with Crippen LogP contribution in [0.2, 0.25) is 0 Å². The predicted octanol–water partition coefficient (Wildman–Crippen LogP) is 0.500. The Morgan fingerprint density at radius 1 is 1.56 bits per heavy atom. The summed E-state index contributed by atoms with van der Waals surface area (Å²) >= 11 is 0. The van der Waals surface area contributed by atoms with E-state index < -0.39 is 5.97 Å². The molecule has 6 heteroatoms. The van der Waals surface area contributed by atoms with Crippen molar-refractivity contribution < 1.29 is 9.90 Å². The Bertz CT molecular complexity index is 459. The second kappa shape index (κ2) is 4.35. The molecule has 2 heterocycles. The van der Waals surface area contributed by atoms with Crippen molar-refractivity contribution in [3.05, 3.63) is 11.9 Å². The first-order chi connectivity index (χ1) is 8.65. The zero-order valence-corrected chi connectivity index (χ0v) is 10.5. The summed E-state index contributed by atoms with van der Waals surface area (Å²) in [6.07, 6.45) is 5.26. The summed E-state index contributed by atoms with van der Waals surface area (Å²) in [4.78, 5) is 13.5. The number of hydrogen-bond donors (Lipinski definition) is 1. The summed E-state index contributed by atoms with van der Waals surface area (Å²) in [5.74, 6) is 0.204. The molecule has 1 aromatic rings. The first-order valence-electron chi connectivity index (χ1n) is 6.47. The van der Waals surface area contributed by atoms with Crippen molar-refractivity contribution in [2.45, 2.75) is 31.8 Å². The highest BCUT2D eigenvalue weighted by Gasteiger charge is 2.47. The minimum atomic E-state index is -0.687. The van der Waals surface area contributed by atoms with Gasteiger partial charge in [0.1, 0.15) is 6.04 Å². The maximum absolute atomic E-state index is 11.5. The van der Waals surface area contributed by atoms with Gasteiger partial charge in [-0.2, -0.15) is 0 Å². The average Bonchev–Trinajstić information content (AvgIpc) is 2.93. The van der Waals surface area contributed by atoms with E-state index in [1.54, 1.807) is 4.68 Å². The number of nitrogens with zero attached hydrogens (tertiary/aromatic N) is 4. The van der Waals surface area contributed by atoms with Gasteiger partial charge in [0.05, 0.1) is 5.69 Å². The van der Waals surface area contributed by atoms with Gasteiger partial charge in [-0.15, -0.1) is 5.10 Å². The number of hydrogen-bond acceptors (Lipinski definition) is 4. The Labute approximate surface area is 106 Å². The lowest BCUT2D eigenvalue weighted by Crippen LogP contribution is -2.39. The number of rotatable bonds is 3. The number of aryl methyl sites for hydroxylation is 1. The fraction of sp³-hybridized carbons (Fsp3) is 0.750. The van der Waals surface area contributed by atoms with Crippen LogP contribution in [-0.4, -0.2) is 43.6 Å². The molecule has 0 aromatic carbocycles. The van der Waals surface area contributed by atoms with E-state index >= 15 is 0 Å². The minimum Gasteiger partial charge on any atom is -0.480 e. The first-order valence-corrected chi connectivity index (χ1v) is 6.47. The normalized spacial score (nSPS) is 31.7. The van der Waals surface area contributed by atoms with Gasteiger partial charge in [0.2, 0.25) is 0 Å². The van der Waals surface area contributed by atoms with E-state index in [2.05, 4.69) is 15.2 Å². The molecule has 1 aromatic heterocycles. The van der Waals surface area contributed by atoms with E-state index in [9.17, 15) is 9.90 Å². The van der Waals surface area contributed by atoms with E-state index in [1.165, 1.54) is 12.8 Å². The van der Waals surface area contributed by atoms with Crippen LogP contribution in [0.25, 0.3) is 0 Å². The van der Waals surface area contributed by atoms with Gasteiger partial charge in [0.25, 0.3) is 0 Å². The molecule has 98 valence electrons. The maximum Gasteiger partial charge on any atom is 0.321 e. The summed E-state index contributed by atoms with van der Waals surface area (Å²) in [5.41, 5.74) is 0.851. The fourth-order valence-corrected chi connectivity index (χ4v) is 3.57. The topological polar surface area (TPSA) is 71.2 Å². The van der Waals surface area contributed by atoms with Gasteiger partial charge >= 0.3 is 5.97 Å². The maximum atomic E-state index is 11.5. The molecule has 1 aliphatic carbocycles. The predicted molar refractivity (Wildman–Crippen MR) is 63.7 cm³/mol. The Balaban J connectivity index is 1.77. The summed E-state index contributed by atoms with van der Waals surface area (Å²) in [6, 6.07) is -0.334. The number of aromatic nitrogens is 3. The summed E-state index contributed by atoms with van der Waals surface area (Å²) in [7, 11) is 1.82. The van der Waals surface area contributed by atoms with E-state index in [0.717, 1.165) is 18.7 Å². The highest BCUT2D eigenvalue weighted by molar-refractivity contribution is 5.74. The van der Waals surface area contributed by atoms with Crippen molar-refractivity contribution in [2.75, 3.05) is 6.54 Å².